The molecule has 2 atom stereocenters. The zero-order valence-electron chi connectivity index (χ0n) is 16.7. The van der Waals surface area contributed by atoms with E-state index in [0.717, 1.165) is 29.1 Å². The number of anilines is 2. The number of nitrogens with two attached hydrogens (primary N) is 2. The van der Waals surface area contributed by atoms with Crippen molar-refractivity contribution in [3.63, 3.8) is 0 Å². The van der Waals surface area contributed by atoms with Gasteiger partial charge in [0.25, 0.3) is 0 Å². The summed E-state index contributed by atoms with van der Waals surface area (Å²) in [4.78, 5) is 18.5. The van der Waals surface area contributed by atoms with Crippen LogP contribution in [0.2, 0.25) is 0 Å². The number of carbonyl (C=O) groups excluding carboxylic acids is 1. The molecule has 0 bridgehead atoms. The number of aliphatic hydroxyl groups excluding tert-OH is 1. The van der Waals surface area contributed by atoms with E-state index in [1.165, 1.54) is 5.01 Å². The van der Waals surface area contributed by atoms with Crippen LogP contribution in [0.4, 0.5) is 11.5 Å². The van der Waals surface area contributed by atoms with Gasteiger partial charge in [-0.05, 0) is 48.7 Å². The molecule has 2 aromatic rings. The van der Waals surface area contributed by atoms with Crippen LogP contribution in [0, 0.1) is 0 Å². The Labute approximate surface area is 170 Å². The third-order valence-electron chi connectivity index (χ3n) is 5.00. The van der Waals surface area contributed by atoms with Gasteiger partial charge in [0.05, 0.1) is 24.9 Å². The maximum Gasteiger partial charge on any atom is 0.224 e. The predicted octanol–water partition coefficient (Wildman–Crippen LogP) is 1.80. The minimum absolute atomic E-state index is 0.00220. The highest BCUT2D eigenvalue weighted by molar-refractivity contribution is 5.94. The minimum atomic E-state index is -0.0635. The lowest BCUT2D eigenvalue weighted by Gasteiger charge is -2.39. The van der Waals surface area contributed by atoms with E-state index >= 15 is 0 Å². The van der Waals surface area contributed by atoms with Gasteiger partial charge in [-0.15, -0.1) is 0 Å². The number of amides is 1. The van der Waals surface area contributed by atoms with Gasteiger partial charge in [-0.2, -0.15) is 0 Å². The van der Waals surface area contributed by atoms with Crippen molar-refractivity contribution in [2.45, 2.75) is 32.4 Å². The van der Waals surface area contributed by atoms with E-state index in [2.05, 4.69) is 10.3 Å². The number of pyridine rings is 1. The highest BCUT2D eigenvalue weighted by atomic mass is 16.3. The van der Waals surface area contributed by atoms with Gasteiger partial charge in [0.15, 0.2) is 0 Å². The zero-order chi connectivity index (χ0) is 21.0. The molecular weight excluding hydrogens is 368 g/mol. The first kappa shape index (κ1) is 20.6. The molecule has 1 amide bonds. The van der Waals surface area contributed by atoms with Gasteiger partial charge in [-0.1, -0.05) is 12.1 Å². The van der Waals surface area contributed by atoms with Crippen molar-refractivity contribution in [1.29, 1.82) is 0 Å². The molecule has 0 aliphatic carbocycles. The van der Waals surface area contributed by atoms with Gasteiger partial charge in [-0.25, -0.2) is 10.8 Å². The number of hydrazine groups is 1. The average Bonchev–Trinajstić information content (AvgIpc) is 2.68. The lowest BCUT2D eigenvalue weighted by Crippen LogP contribution is -2.43. The van der Waals surface area contributed by atoms with E-state index in [0.29, 0.717) is 5.70 Å². The first-order valence-electron chi connectivity index (χ1n) is 9.62. The number of nitrogens with zero attached hydrogens (tertiary/aromatic N) is 3. The standard InChI is InChI=1S/C21H28N6O2/c1-14-11-19(25-21-5-3-4-8-24-21)17-12-16(18(22)13-26(23)9-10-28)6-7-20(17)27(14)15(2)29/h3-8,12-14,19,28H,9-11,22-23H2,1-2H3,(H,24,25)/b18-13-/t14-,19+/m0/s1. The quantitative estimate of drug-likeness (QED) is 0.434. The first-order chi connectivity index (χ1) is 13.9. The number of benzene rings is 1. The SMILES string of the molecule is CC(=O)N1c2ccc(/C(N)=C/N(N)CCO)cc2[C@H](Nc2ccccn2)C[C@@H]1C. The number of fused-ring (bicyclic) bond motifs is 1. The van der Waals surface area contributed by atoms with Crippen LogP contribution in [0.15, 0.2) is 48.8 Å². The molecule has 154 valence electrons. The van der Waals surface area contributed by atoms with E-state index in [-0.39, 0.29) is 31.1 Å². The fraction of sp³-hybridized carbons (Fsp3) is 0.333. The lowest BCUT2D eigenvalue weighted by molar-refractivity contribution is -0.117. The van der Waals surface area contributed by atoms with Crippen LogP contribution in [0.5, 0.6) is 0 Å². The number of carbonyl (C=O) groups is 1. The molecule has 1 aliphatic rings. The van der Waals surface area contributed by atoms with Crippen LogP contribution in [-0.2, 0) is 4.79 Å². The summed E-state index contributed by atoms with van der Waals surface area (Å²) in [6, 6.07) is 11.5. The lowest BCUT2D eigenvalue weighted by atomic mass is 9.89. The number of hydrogen-bond donors (Lipinski definition) is 4. The summed E-state index contributed by atoms with van der Waals surface area (Å²) >= 11 is 0. The zero-order valence-corrected chi connectivity index (χ0v) is 16.7. The Morgan fingerprint density at radius 2 is 2.21 bits per heavy atom. The van der Waals surface area contributed by atoms with Crippen molar-refractivity contribution in [1.82, 2.24) is 9.99 Å². The Kier molecular flexibility index (Phi) is 6.36. The van der Waals surface area contributed by atoms with Gasteiger partial charge in [0.2, 0.25) is 5.91 Å². The highest BCUT2D eigenvalue weighted by Gasteiger charge is 2.32. The molecule has 2 heterocycles. The van der Waals surface area contributed by atoms with Gasteiger partial charge < -0.3 is 26.1 Å². The topological polar surface area (TPSA) is 121 Å². The van der Waals surface area contributed by atoms with Gasteiger partial charge in [-0.3, -0.25) is 4.79 Å². The number of aliphatic hydroxyl groups is 1. The summed E-state index contributed by atoms with van der Waals surface area (Å²) in [5.74, 6) is 6.59. The fourth-order valence-electron chi connectivity index (χ4n) is 3.72. The Bertz CT molecular complexity index is 886. The molecule has 0 fully saturated rings. The predicted molar refractivity (Wildman–Crippen MR) is 114 cm³/mol. The van der Waals surface area contributed by atoms with Crippen molar-refractivity contribution in [2.24, 2.45) is 11.6 Å². The molecule has 0 saturated heterocycles. The Morgan fingerprint density at radius 1 is 1.41 bits per heavy atom. The monoisotopic (exact) mass is 396 g/mol. The minimum Gasteiger partial charge on any atom is -0.397 e. The summed E-state index contributed by atoms with van der Waals surface area (Å²) in [7, 11) is 0. The van der Waals surface area contributed by atoms with Crippen LogP contribution < -0.4 is 21.8 Å². The second-order valence-electron chi connectivity index (χ2n) is 7.21. The van der Waals surface area contributed by atoms with E-state index in [4.69, 9.17) is 16.7 Å². The maximum absolute atomic E-state index is 12.3. The molecule has 8 heteroatoms. The van der Waals surface area contributed by atoms with Crippen LogP contribution in [0.25, 0.3) is 5.70 Å². The molecule has 1 aliphatic heterocycles. The van der Waals surface area contributed by atoms with E-state index in [9.17, 15) is 4.79 Å². The molecule has 1 aromatic heterocycles. The number of rotatable bonds is 6. The summed E-state index contributed by atoms with van der Waals surface area (Å²) in [6.07, 6.45) is 4.07. The molecule has 0 saturated carbocycles. The summed E-state index contributed by atoms with van der Waals surface area (Å²) in [5.41, 5.74) is 9.34. The largest absolute Gasteiger partial charge is 0.397 e. The van der Waals surface area contributed by atoms with Crippen molar-refractivity contribution in [3.8, 4) is 0 Å². The van der Waals surface area contributed by atoms with Crippen LogP contribution in [-0.4, -0.2) is 40.2 Å². The molecule has 6 N–H and O–H groups in total. The molecule has 29 heavy (non-hydrogen) atoms. The fourth-order valence-corrected chi connectivity index (χ4v) is 3.72. The normalized spacial score (nSPS) is 18.9. The molecule has 8 nitrogen and oxygen atoms in total. The van der Waals surface area contributed by atoms with Crippen LogP contribution in [0.1, 0.15) is 37.4 Å². The Morgan fingerprint density at radius 3 is 2.86 bits per heavy atom. The van der Waals surface area contributed by atoms with E-state index < -0.39 is 0 Å². The average molecular weight is 396 g/mol. The molecule has 1 aromatic carbocycles. The van der Waals surface area contributed by atoms with Crippen molar-refractivity contribution < 1.29 is 9.90 Å². The molecular formula is C21H28N6O2. The summed E-state index contributed by atoms with van der Waals surface area (Å²) < 4.78 is 0. The van der Waals surface area contributed by atoms with E-state index in [1.807, 2.05) is 48.2 Å². The van der Waals surface area contributed by atoms with Crippen LogP contribution in [0.3, 0.4) is 0 Å². The van der Waals surface area contributed by atoms with E-state index in [1.54, 1.807) is 19.3 Å². The number of nitrogens with one attached hydrogen (secondary N) is 1. The van der Waals surface area contributed by atoms with Crippen molar-refractivity contribution >= 4 is 23.1 Å². The number of hydrogen-bond acceptors (Lipinski definition) is 7. The summed E-state index contributed by atoms with van der Waals surface area (Å²) in [6.45, 7) is 3.84. The molecule has 0 radical (unpaired) electrons. The van der Waals surface area contributed by atoms with Gasteiger partial charge >= 0.3 is 0 Å². The molecule has 0 spiro atoms. The van der Waals surface area contributed by atoms with Gasteiger partial charge in [0, 0.05) is 31.0 Å². The maximum atomic E-state index is 12.3. The first-order valence-corrected chi connectivity index (χ1v) is 9.62. The number of aromatic nitrogens is 1. The highest BCUT2D eigenvalue weighted by Crippen LogP contribution is 2.39. The second-order valence-corrected chi connectivity index (χ2v) is 7.21. The second kappa shape index (κ2) is 8.93. The summed E-state index contributed by atoms with van der Waals surface area (Å²) in [5, 5.41) is 13.8. The Hall–Kier alpha value is -3.10. The third-order valence-corrected chi connectivity index (χ3v) is 5.00. The van der Waals surface area contributed by atoms with Crippen LogP contribution >= 0.6 is 0 Å². The smallest absolute Gasteiger partial charge is 0.224 e. The molecule has 0 unspecified atom stereocenters. The van der Waals surface area contributed by atoms with Crippen molar-refractivity contribution in [3.05, 3.63) is 59.9 Å². The Balaban J connectivity index is 2.00. The van der Waals surface area contributed by atoms with Gasteiger partial charge in [0.1, 0.15) is 5.82 Å². The van der Waals surface area contributed by atoms with Crippen molar-refractivity contribution in [2.75, 3.05) is 23.4 Å². The molecule has 3 rings (SSSR count). The third kappa shape index (κ3) is 4.67.